The van der Waals surface area contributed by atoms with E-state index in [0.29, 0.717) is 32.9 Å². The van der Waals surface area contributed by atoms with Crippen LogP contribution in [0, 0.1) is 0 Å². The van der Waals surface area contributed by atoms with Crippen molar-refractivity contribution >= 4 is 33.6 Å². The van der Waals surface area contributed by atoms with Crippen molar-refractivity contribution in [2.75, 3.05) is 12.4 Å². The Morgan fingerprint density at radius 2 is 2.12 bits per heavy atom. The average molecular weight is 420 g/mol. The number of carbonyl (C=O) groups excluding carboxylic acids is 2. The minimum atomic E-state index is -0.652. The third-order valence-corrected chi connectivity index (χ3v) is 4.69. The summed E-state index contributed by atoms with van der Waals surface area (Å²) in [6, 6.07) is 6.09. The van der Waals surface area contributed by atoms with E-state index < -0.39 is 6.04 Å². The largest absolute Gasteiger partial charge is 0.495 e. The van der Waals surface area contributed by atoms with Crippen molar-refractivity contribution in [3.8, 4) is 5.75 Å². The van der Waals surface area contributed by atoms with Crippen LogP contribution in [0.25, 0.3) is 0 Å². The molecule has 0 aliphatic carbocycles. The number of para-hydroxylation sites is 2. The van der Waals surface area contributed by atoms with Crippen LogP contribution in [0.5, 0.6) is 5.75 Å². The maximum atomic E-state index is 13.0. The van der Waals surface area contributed by atoms with E-state index in [1.807, 2.05) is 6.07 Å². The zero-order valence-corrected chi connectivity index (χ0v) is 16.0. The van der Waals surface area contributed by atoms with Gasteiger partial charge in [-0.3, -0.25) is 9.48 Å². The molecule has 1 unspecified atom stereocenters. The van der Waals surface area contributed by atoms with Crippen molar-refractivity contribution in [2.24, 2.45) is 7.05 Å². The topological polar surface area (TPSA) is 97.3 Å². The molecule has 0 radical (unpaired) electrons. The van der Waals surface area contributed by atoms with Gasteiger partial charge in [-0.1, -0.05) is 12.1 Å². The Hall–Kier alpha value is -2.81. The Kier molecular flexibility index (Phi) is 4.99. The molecule has 3 rings (SSSR count). The number of amides is 3. The number of urea groups is 1. The number of nitrogens with zero attached hydrogens (tertiary/aromatic N) is 2. The maximum absolute atomic E-state index is 13.0. The monoisotopic (exact) mass is 419 g/mol. The van der Waals surface area contributed by atoms with E-state index in [9.17, 15) is 9.59 Å². The van der Waals surface area contributed by atoms with Gasteiger partial charge in [0, 0.05) is 12.7 Å². The summed E-state index contributed by atoms with van der Waals surface area (Å²) in [4.78, 5) is 25.0. The first-order valence-corrected chi connectivity index (χ1v) is 8.61. The molecule has 3 N–H and O–H groups in total. The van der Waals surface area contributed by atoms with Crippen LogP contribution in [-0.4, -0.2) is 28.8 Å². The fourth-order valence-electron chi connectivity index (χ4n) is 2.88. The Morgan fingerprint density at radius 3 is 2.77 bits per heavy atom. The van der Waals surface area contributed by atoms with Crippen LogP contribution in [0.3, 0.4) is 0 Å². The van der Waals surface area contributed by atoms with E-state index in [2.05, 4.69) is 37.0 Å². The van der Waals surface area contributed by atoms with Crippen molar-refractivity contribution in [3.63, 3.8) is 0 Å². The lowest BCUT2D eigenvalue weighted by atomic mass is 9.99. The second kappa shape index (κ2) is 7.20. The number of halogens is 1. The van der Waals surface area contributed by atoms with Gasteiger partial charge in [0.1, 0.15) is 11.8 Å². The highest BCUT2D eigenvalue weighted by Gasteiger charge is 2.34. The molecule has 1 aliphatic heterocycles. The minimum absolute atomic E-state index is 0.349. The number of aryl methyl sites for hydroxylation is 1. The molecular formula is C17H18BrN5O3. The summed E-state index contributed by atoms with van der Waals surface area (Å²) in [5.41, 5.74) is 2.07. The molecule has 1 aromatic heterocycles. The standard InChI is InChI=1S/C17H18BrN5O3/c1-9-13(16(24)21-11-6-4-5-7-12(11)26-3)14(22-17(25)20-9)15-10(18)8-19-23(15)2/h4-8,14H,1-3H3,(H,21,24)(H2,20,22,25). The van der Waals surface area contributed by atoms with E-state index >= 15 is 0 Å². The van der Waals surface area contributed by atoms with Gasteiger partial charge in [-0.05, 0) is 35.0 Å². The van der Waals surface area contributed by atoms with Gasteiger partial charge in [0.2, 0.25) is 0 Å². The van der Waals surface area contributed by atoms with Crippen LogP contribution in [0.15, 0.2) is 46.2 Å². The molecule has 2 heterocycles. The summed E-state index contributed by atoms with van der Waals surface area (Å²) in [5.74, 6) is 0.197. The number of anilines is 1. The van der Waals surface area contributed by atoms with E-state index in [1.54, 1.807) is 43.0 Å². The molecule has 0 saturated carbocycles. The lowest BCUT2D eigenvalue weighted by molar-refractivity contribution is -0.113. The van der Waals surface area contributed by atoms with Crippen LogP contribution in [-0.2, 0) is 11.8 Å². The molecule has 1 aliphatic rings. The Morgan fingerprint density at radius 1 is 1.38 bits per heavy atom. The molecule has 0 bridgehead atoms. The smallest absolute Gasteiger partial charge is 0.319 e. The fraction of sp³-hybridized carbons (Fsp3) is 0.235. The number of carbonyl (C=O) groups is 2. The third-order valence-electron chi connectivity index (χ3n) is 4.08. The van der Waals surface area contributed by atoms with E-state index in [4.69, 9.17) is 4.74 Å². The molecule has 3 amide bonds. The predicted molar refractivity (Wildman–Crippen MR) is 99.6 cm³/mol. The number of nitrogens with one attached hydrogen (secondary N) is 3. The van der Waals surface area contributed by atoms with Crippen LogP contribution < -0.4 is 20.7 Å². The van der Waals surface area contributed by atoms with E-state index in [-0.39, 0.29) is 11.9 Å². The van der Waals surface area contributed by atoms with Gasteiger partial charge in [0.15, 0.2) is 0 Å². The number of benzene rings is 1. The second-order valence-electron chi connectivity index (χ2n) is 5.73. The first-order valence-electron chi connectivity index (χ1n) is 7.82. The van der Waals surface area contributed by atoms with Crippen LogP contribution in [0.1, 0.15) is 18.7 Å². The molecule has 1 aromatic carbocycles. The van der Waals surface area contributed by atoms with Crippen molar-refractivity contribution in [2.45, 2.75) is 13.0 Å². The number of aromatic nitrogens is 2. The molecule has 9 heteroatoms. The fourth-order valence-corrected chi connectivity index (χ4v) is 3.46. The van der Waals surface area contributed by atoms with Gasteiger partial charge in [-0.15, -0.1) is 0 Å². The van der Waals surface area contributed by atoms with Crippen LogP contribution in [0.2, 0.25) is 0 Å². The molecule has 26 heavy (non-hydrogen) atoms. The minimum Gasteiger partial charge on any atom is -0.495 e. The van der Waals surface area contributed by atoms with E-state index in [1.165, 1.54) is 7.11 Å². The van der Waals surface area contributed by atoms with Gasteiger partial charge < -0.3 is 20.7 Å². The van der Waals surface area contributed by atoms with E-state index in [0.717, 1.165) is 0 Å². The molecular weight excluding hydrogens is 402 g/mol. The van der Waals surface area contributed by atoms with Crippen molar-refractivity contribution in [1.82, 2.24) is 20.4 Å². The lowest BCUT2D eigenvalue weighted by Gasteiger charge is -2.28. The second-order valence-corrected chi connectivity index (χ2v) is 6.58. The summed E-state index contributed by atoms with van der Waals surface area (Å²) in [6.07, 6.45) is 1.62. The Labute approximate surface area is 158 Å². The first kappa shape index (κ1) is 18.0. The van der Waals surface area contributed by atoms with Crippen LogP contribution >= 0.6 is 15.9 Å². The first-order chi connectivity index (χ1) is 12.4. The summed E-state index contributed by atoms with van der Waals surface area (Å²) in [5, 5.41) is 12.5. The van der Waals surface area contributed by atoms with Gasteiger partial charge in [-0.2, -0.15) is 5.10 Å². The summed E-state index contributed by atoms with van der Waals surface area (Å²) < 4.78 is 7.59. The molecule has 8 nitrogen and oxygen atoms in total. The molecule has 0 fully saturated rings. The van der Waals surface area contributed by atoms with Gasteiger partial charge in [-0.25, -0.2) is 4.79 Å². The molecule has 2 aromatic rings. The summed E-state index contributed by atoms with van der Waals surface area (Å²) in [6.45, 7) is 1.69. The zero-order chi connectivity index (χ0) is 18.8. The SMILES string of the molecule is COc1ccccc1NC(=O)C1=C(C)NC(=O)NC1c1c(Br)cnn1C. The average Bonchev–Trinajstić information content (AvgIpc) is 2.93. The maximum Gasteiger partial charge on any atom is 0.319 e. The normalized spacial score (nSPS) is 16.8. The highest BCUT2D eigenvalue weighted by molar-refractivity contribution is 9.10. The highest BCUT2D eigenvalue weighted by atomic mass is 79.9. The van der Waals surface area contributed by atoms with Crippen LogP contribution in [0.4, 0.5) is 10.5 Å². The summed E-state index contributed by atoms with van der Waals surface area (Å²) >= 11 is 3.43. The van der Waals surface area contributed by atoms with Crippen molar-refractivity contribution < 1.29 is 14.3 Å². The Bertz CT molecular complexity index is 886. The van der Waals surface area contributed by atoms with Crippen molar-refractivity contribution in [1.29, 1.82) is 0 Å². The van der Waals surface area contributed by atoms with Gasteiger partial charge in [0.05, 0.1) is 34.7 Å². The molecule has 136 valence electrons. The highest BCUT2D eigenvalue weighted by Crippen LogP contribution is 2.33. The molecule has 0 spiro atoms. The number of allylic oxidation sites excluding steroid dienone is 1. The Balaban J connectivity index is 2.00. The number of hydrogen-bond acceptors (Lipinski definition) is 4. The third kappa shape index (κ3) is 3.30. The van der Waals surface area contributed by atoms with Crippen molar-refractivity contribution in [3.05, 3.63) is 51.9 Å². The van der Waals surface area contributed by atoms with Gasteiger partial charge >= 0.3 is 6.03 Å². The number of rotatable bonds is 4. The number of ether oxygens (including phenoxy) is 1. The summed E-state index contributed by atoms with van der Waals surface area (Å²) in [7, 11) is 3.28. The number of hydrogen-bond donors (Lipinski definition) is 3. The quantitative estimate of drug-likeness (QED) is 0.708. The molecule has 0 saturated heterocycles. The van der Waals surface area contributed by atoms with Gasteiger partial charge in [0.25, 0.3) is 5.91 Å². The molecule has 1 atom stereocenters. The predicted octanol–water partition coefficient (Wildman–Crippen LogP) is 2.46. The zero-order valence-electron chi connectivity index (χ0n) is 14.5. The number of methoxy groups -OCH3 is 1. The lowest BCUT2D eigenvalue weighted by Crippen LogP contribution is -2.46.